The molecule has 1 aromatic heterocycles. The maximum atomic E-state index is 11.7. The van der Waals surface area contributed by atoms with E-state index in [4.69, 9.17) is 4.42 Å². The van der Waals surface area contributed by atoms with Crippen molar-refractivity contribution in [2.45, 2.75) is 13.3 Å². The molecule has 2 N–H and O–H groups in total. The zero-order valence-corrected chi connectivity index (χ0v) is 11.6. The summed E-state index contributed by atoms with van der Waals surface area (Å²) < 4.78 is 5.09. The van der Waals surface area contributed by atoms with Crippen molar-refractivity contribution in [3.05, 3.63) is 54.5 Å². The smallest absolute Gasteiger partial charge is 0.248 e. The molecule has 0 aliphatic heterocycles. The Bertz CT molecular complexity index is 628. The Hall–Kier alpha value is -2.82. The summed E-state index contributed by atoms with van der Waals surface area (Å²) in [5.41, 5.74) is 1.35. The molecule has 0 spiro atoms. The average Bonchev–Trinajstić information content (AvgIpc) is 3.00. The van der Waals surface area contributed by atoms with Crippen molar-refractivity contribution in [3.63, 3.8) is 0 Å². The van der Waals surface area contributed by atoms with Crippen LogP contribution in [0.1, 0.15) is 19.1 Å². The molecule has 1 aromatic carbocycles. The molecule has 108 valence electrons. The lowest BCUT2D eigenvalue weighted by atomic mass is 10.2. The minimum Gasteiger partial charge on any atom is -0.465 e. The van der Waals surface area contributed by atoms with Gasteiger partial charge in [-0.1, -0.05) is 6.92 Å². The normalized spacial score (nSPS) is 10.5. The second kappa shape index (κ2) is 7.09. The van der Waals surface area contributed by atoms with Crippen LogP contribution in [0.15, 0.2) is 53.2 Å². The summed E-state index contributed by atoms with van der Waals surface area (Å²) in [6, 6.07) is 10.4. The summed E-state index contributed by atoms with van der Waals surface area (Å²) >= 11 is 0. The third kappa shape index (κ3) is 4.65. The number of anilines is 2. The van der Waals surface area contributed by atoms with Crippen LogP contribution in [0, 0.1) is 0 Å². The SMILES string of the molecule is CCC(=O)Nc1ccc(NC(=O)C=Cc2ccco2)cc1. The molecule has 2 aromatic rings. The molecule has 0 unspecified atom stereocenters. The van der Waals surface area contributed by atoms with E-state index < -0.39 is 0 Å². The van der Waals surface area contributed by atoms with E-state index in [1.807, 2.05) is 0 Å². The van der Waals surface area contributed by atoms with Gasteiger partial charge < -0.3 is 15.1 Å². The van der Waals surface area contributed by atoms with Gasteiger partial charge in [-0.05, 0) is 42.5 Å². The van der Waals surface area contributed by atoms with Crippen LogP contribution < -0.4 is 10.6 Å². The van der Waals surface area contributed by atoms with Crippen molar-refractivity contribution in [2.24, 2.45) is 0 Å². The maximum absolute atomic E-state index is 11.7. The maximum Gasteiger partial charge on any atom is 0.248 e. The largest absolute Gasteiger partial charge is 0.465 e. The van der Waals surface area contributed by atoms with E-state index in [1.165, 1.54) is 6.08 Å². The van der Waals surface area contributed by atoms with E-state index in [-0.39, 0.29) is 11.8 Å². The molecular formula is C16H16N2O3. The van der Waals surface area contributed by atoms with Gasteiger partial charge in [0.2, 0.25) is 11.8 Å². The molecule has 0 atom stereocenters. The fraction of sp³-hybridized carbons (Fsp3) is 0.125. The first-order valence-corrected chi connectivity index (χ1v) is 6.60. The zero-order chi connectivity index (χ0) is 15.1. The average molecular weight is 284 g/mol. The van der Waals surface area contributed by atoms with Crippen LogP contribution in [0.2, 0.25) is 0 Å². The summed E-state index contributed by atoms with van der Waals surface area (Å²) in [5, 5.41) is 5.46. The molecule has 2 amide bonds. The van der Waals surface area contributed by atoms with E-state index in [9.17, 15) is 9.59 Å². The Labute approximate surface area is 122 Å². The van der Waals surface area contributed by atoms with Crippen LogP contribution in [0.3, 0.4) is 0 Å². The van der Waals surface area contributed by atoms with Crippen LogP contribution in [0.4, 0.5) is 11.4 Å². The fourth-order valence-corrected chi connectivity index (χ4v) is 1.61. The number of benzene rings is 1. The number of hydrogen-bond acceptors (Lipinski definition) is 3. The van der Waals surface area contributed by atoms with Crippen LogP contribution in [0.5, 0.6) is 0 Å². The molecule has 1 heterocycles. The van der Waals surface area contributed by atoms with Crippen LogP contribution >= 0.6 is 0 Å². The molecule has 0 saturated carbocycles. The van der Waals surface area contributed by atoms with Gasteiger partial charge >= 0.3 is 0 Å². The Kier molecular flexibility index (Phi) is 4.93. The van der Waals surface area contributed by atoms with Gasteiger partial charge in [0.1, 0.15) is 5.76 Å². The molecule has 2 rings (SSSR count). The molecule has 0 aliphatic rings. The first kappa shape index (κ1) is 14.6. The lowest BCUT2D eigenvalue weighted by Crippen LogP contribution is -2.10. The van der Waals surface area contributed by atoms with Crippen LogP contribution in [-0.2, 0) is 9.59 Å². The van der Waals surface area contributed by atoms with E-state index in [0.29, 0.717) is 23.6 Å². The van der Waals surface area contributed by atoms with Gasteiger partial charge in [0.15, 0.2) is 0 Å². The molecule has 0 aliphatic carbocycles. The van der Waals surface area contributed by atoms with Crippen molar-refractivity contribution in [2.75, 3.05) is 10.6 Å². The summed E-state index contributed by atoms with van der Waals surface area (Å²) in [4.78, 5) is 23.0. The van der Waals surface area contributed by atoms with E-state index in [0.717, 1.165) is 0 Å². The minimum atomic E-state index is -0.253. The first-order chi connectivity index (χ1) is 10.2. The monoisotopic (exact) mass is 284 g/mol. The van der Waals surface area contributed by atoms with Crippen molar-refractivity contribution in [3.8, 4) is 0 Å². The topological polar surface area (TPSA) is 71.3 Å². The summed E-state index contributed by atoms with van der Waals surface area (Å²) in [6.07, 6.45) is 4.95. The number of carbonyl (C=O) groups is 2. The Morgan fingerprint density at radius 3 is 2.33 bits per heavy atom. The molecule has 5 nitrogen and oxygen atoms in total. The first-order valence-electron chi connectivity index (χ1n) is 6.60. The number of carbonyl (C=O) groups excluding carboxylic acids is 2. The highest BCUT2D eigenvalue weighted by atomic mass is 16.3. The number of nitrogens with one attached hydrogen (secondary N) is 2. The van der Waals surface area contributed by atoms with Gasteiger partial charge in [-0.3, -0.25) is 9.59 Å². The molecule has 0 fully saturated rings. The molecule has 0 bridgehead atoms. The highest BCUT2D eigenvalue weighted by Crippen LogP contribution is 2.14. The molecule has 0 saturated heterocycles. The highest BCUT2D eigenvalue weighted by molar-refractivity contribution is 6.02. The second-order valence-electron chi connectivity index (χ2n) is 4.32. The quantitative estimate of drug-likeness (QED) is 0.828. The van der Waals surface area contributed by atoms with Crippen LogP contribution in [0.25, 0.3) is 6.08 Å². The second-order valence-corrected chi connectivity index (χ2v) is 4.32. The lowest BCUT2D eigenvalue weighted by molar-refractivity contribution is -0.116. The predicted molar refractivity (Wildman–Crippen MR) is 81.7 cm³/mol. The summed E-state index contributed by atoms with van der Waals surface area (Å²) in [7, 11) is 0. The zero-order valence-electron chi connectivity index (χ0n) is 11.6. The summed E-state index contributed by atoms with van der Waals surface area (Å²) in [5.74, 6) is 0.313. The molecular weight excluding hydrogens is 268 g/mol. The van der Waals surface area contributed by atoms with Gasteiger partial charge in [-0.15, -0.1) is 0 Å². The van der Waals surface area contributed by atoms with Crippen molar-refractivity contribution >= 4 is 29.3 Å². The van der Waals surface area contributed by atoms with Crippen molar-refractivity contribution < 1.29 is 14.0 Å². The number of amides is 2. The Morgan fingerprint density at radius 1 is 1.10 bits per heavy atom. The fourth-order valence-electron chi connectivity index (χ4n) is 1.61. The van der Waals surface area contributed by atoms with Gasteiger partial charge in [-0.25, -0.2) is 0 Å². The molecule has 21 heavy (non-hydrogen) atoms. The van der Waals surface area contributed by atoms with Gasteiger partial charge in [0, 0.05) is 23.9 Å². The van der Waals surface area contributed by atoms with Crippen LogP contribution in [-0.4, -0.2) is 11.8 Å². The number of hydrogen-bond donors (Lipinski definition) is 2. The van der Waals surface area contributed by atoms with Crippen molar-refractivity contribution in [1.82, 2.24) is 0 Å². The molecule has 0 radical (unpaired) electrons. The third-order valence-corrected chi connectivity index (χ3v) is 2.70. The molecule has 5 heteroatoms. The van der Waals surface area contributed by atoms with Gasteiger partial charge in [0.05, 0.1) is 6.26 Å². The van der Waals surface area contributed by atoms with E-state index in [2.05, 4.69) is 10.6 Å². The predicted octanol–water partition coefficient (Wildman–Crippen LogP) is 3.28. The highest BCUT2D eigenvalue weighted by Gasteiger charge is 2.01. The number of furan rings is 1. The Balaban J connectivity index is 1.90. The standard InChI is InChI=1S/C16H16N2O3/c1-2-15(19)17-12-5-7-13(8-6-12)18-16(20)10-9-14-4-3-11-21-14/h3-11H,2H2,1H3,(H,17,19)(H,18,20). The summed E-state index contributed by atoms with van der Waals surface area (Å²) in [6.45, 7) is 1.79. The van der Waals surface area contributed by atoms with Gasteiger partial charge in [0.25, 0.3) is 0 Å². The van der Waals surface area contributed by atoms with E-state index >= 15 is 0 Å². The Morgan fingerprint density at radius 2 is 1.76 bits per heavy atom. The lowest BCUT2D eigenvalue weighted by Gasteiger charge is -2.05. The van der Waals surface area contributed by atoms with Crippen molar-refractivity contribution in [1.29, 1.82) is 0 Å². The number of rotatable bonds is 5. The van der Waals surface area contributed by atoms with E-state index in [1.54, 1.807) is 55.7 Å². The minimum absolute atomic E-state index is 0.0480. The van der Waals surface area contributed by atoms with Gasteiger partial charge in [-0.2, -0.15) is 0 Å². The third-order valence-electron chi connectivity index (χ3n) is 2.70.